The molecule has 9 heteroatoms. The van der Waals surface area contributed by atoms with Crippen LogP contribution < -0.4 is 10.6 Å². The molecule has 31 heavy (non-hydrogen) atoms. The van der Waals surface area contributed by atoms with E-state index in [1.54, 1.807) is 4.90 Å². The van der Waals surface area contributed by atoms with Gasteiger partial charge in [-0.3, -0.25) is 9.67 Å². The number of carbonyl (C=O) groups is 1. The Balaban J connectivity index is 0.00000900. The highest BCUT2D eigenvalue weighted by molar-refractivity contribution is 14.0. The van der Waals surface area contributed by atoms with Crippen LogP contribution in [-0.4, -0.2) is 64.6 Å². The van der Waals surface area contributed by atoms with Crippen LogP contribution in [-0.2, 0) is 18.2 Å². The van der Waals surface area contributed by atoms with Gasteiger partial charge in [0.2, 0.25) is 0 Å². The standard InChI is InChI=1S/C22H42N6O2.HI/c1-10-13-28(21(29)30-22(6,7)8)14-12-24-20(23-11-2)25-16(3)15-19-17(4)26-27(9)18(19)5;/h16H,10-15H2,1-9H3,(H2,23,24,25);1H. The molecule has 0 aromatic carbocycles. The maximum atomic E-state index is 12.4. The minimum Gasteiger partial charge on any atom is -0.444 e. The van der Waals surface area contributed by atoms with E-state index in [0.717, 1.165) is 31.0 Å². The van der Waals surface area contributed by atoms with E-state index in [-0.39, 0.29) is 36.1 Å². The Morgan fingerprint density at radius 1 is 1.26 bits per heavy atom. The summed E-state index contributed by atoms with van der Waals surface area (Å²) in [5, 5.41) is 11.3. The number of halogens is 1. The third kappa shape index (κ3) is 10.6. The summed E-state index contributed by atoms with van der Waals surface area (Å²) in [6.07, 6.45) is 1.46. The third-order valence-corrected chi connectivity index (χ3v) is 4.68. The first-order valence-electron chi connectivity index (χ1n) is 11.0. The van der Waals surface area contributed by atoms with Gasteiger partial charge in [0.1, 0.15) is 5.60 Å². The normalized spacial score (nSPS) is 12.7. The lowest BCUT2D eigenvalue weighted by Crippen LogP contribution is -2.44. The second kappa shape index (κ2) is 13.8. The number of hydrogen-bond acceptors (Lipinski definition) is 4. The first-order valence-corrected chi connectivity index (χ1v) is 11.0. The summed E-state index contributed by atoms with van der Waals surface area (Å²) in [5.74, 6) is 0.754. The Morgan fingerprint density at radius 2 is 1.90 bits per heavy atom. The summed E-state index contributed by atoms with van der Waals surface area (Å²) >= 11 is 0. The quantitative estimate of drug-likeness (QED) is 0.278. The maximum Gasteiger partial charge on any atom is 0.410 e. The van der Waals surface area contributed by atoms with E-state index in [0.29, 0.717) is 19.6 Å². The molecule has 1 aromatic rings. The first kappa shape index (κ1) is 29.5. The van der Waals surface area contributed by atoms with Crippen LogP contribution in [0.25, 0.3) is 0 Å². The second-order valence-electron chi connectivity index (χ2n) is 8.75. The summed E-state index contributed by atoms with van der Waals surface area (Å²) in [6, 6.07) is 0.196. The molecule has 1 aromatic heterocycles. The zero-order valence-electron chi connectivity index (χ0n) is 20.8. The van der Waals surface area contributed by atoms with E-state index in [2.05, 4.69) is 41.5 Å². The number of nitrogens with zero attached hydrogens (tertiary/aromatic N) is 4. The summed E-state index contributed by atoms with van der Waals surface area (Å²) in [4.78, 5) is 18.8. The lowest BCUT2D eigenvalue weighted by atomic mass is 10.1. The monoisotopic (exact) mass is 550 g/mol. The number of aromatic nitrogens is 2. The van der Waals surface area contributed by atoms with Gasteiger partial charge in [0, 0.05) is 38.4 Å². The Kier molecular flexibility index (Phi) is 13.1. The fourth-order valence-corrected chi connectivity index (χ4v) is 3.20. The van der Waals surface area contributed by atoms with Gasteiger partial charge in [-0.15, -0.1) is 24.0 Å². The zero-order valence-corrected chi connectivity index (χ0v) is 23.2. The van der Waals surface area contributed by atoms with Gasteiger partial charge in [0.05, 0.1) is 12.2 Å². The molecular formula is C22H43IN6O2. The molecule has 0 saturated carbocycles. The predicted molar refractivity (Wildman–Crippen MR) is 138 cm³/mol. The van der Waals surface area contributed by atoms with Crippen LogP contribution in [0.4, 0.5) is 4.79 Å². The van der Waals surface area contributed by atoms with Gasteiger partial charge in [-0.2, -0.15) is 5.10 Å². The molecule has 1 heterocycles. The van der Waals surface area contributed by atoms with Crippen LogP contribution in [0.15, 0.2) is 4.99 Å². The van der Waals surface area contributed by atoms with Crippen LogP contribution in [0.5, 0.6) is 0 Å². The summed E-state index contributed by atoms with van der Waals surface area (Å²) in [6.45, 7) is 18.5. The number of ether oxygens (including phenoxy) is 1. The second-order valence-corrected chi connectivity index (χ2v) is 8.75. The van der Waals surface area contributed by atoms with Crippen LogP contribution in [0.3, 0.4) is 0 Å². The van der Waals surface area contributed by atoms with Crippen molar-refractivity contribution in [3.05, 3.63) is 17.0 Å². The van der Waals surface area contributed by atoms with E-state index in [4.69, 9.17) is 4.74 Å². The Morgan fingerprint density at radius 3 is 2.39 bits per heavy atom. The summed E-state index contributed by atoms with van der Waals surface area (Å²) < 4.78 is 7.44. The third-order valence-electron chi connectivity index (χ3n) is 4.68. The van der Waals surface area contributed by atoms with E-state index in [1.165, 1.54) is 11.3 Å². The molecule has 0 aliphatic rings. The molecule has 0 fully saturated rings. The number of hydrogen-bond donors (Lipinski definition) is 2. The molecule has 1 amide bonds. The van der Waals surface area contributed by atoms with E-state index < -0.39 is 5.60 Å². The molecule has 1 rings (SSSR count). The number of aryl methyl sites for hydroxylation is 2. The molecule has 0 aliphatic carbocycles. The summed E-state index contributed by atoms with van der Waals surface area (Å²) in [7, 11) is 1.97. The molecule has 180 valence electrons. The van der Waals surface area contributed by atoms with Gasteiger partial charge in [-0.25, -0.2) is 4.79 Å². The summed E-state index contributed by atoms with van der Waals surface area (Å²) in [5.41, 5.74) is 3.03. The highest BCUT2D eigenvalue weighted by atomic mass is 127. The molecule has 0 saturated heterocycles. The topological polar surface area (TPSA) is 83.8 Å². The number of nitrogens with one attached hydrogen (secondary N) is 2. The molecular weight excluding hydrogens is 507 g/mol. The average Bonchev–Trinajstić information content (AvgIpc) is 2.85. The zero-order chi connectivity index (χ0) is 22.9. The molecule has 0 radical (unpaired) electrons. The fraction of sp³-hybridized carbons (Fsp3) is 0.773. The molecule has 1 unspecified atom stereocenters. The van der Waals surface area contributed by atoms with Gasteiger partial charge >= 0.3 is 6.09 Å². The minimum absolute atomic E-state index is 0. The van der Waals surface area contributed by atoms with Crippen molar-refractivity contribution in [2.24, 2.45) is 12.0 Å². The minimum atomic E-state index is -0.499. The molecule has 2 N–H and O–H groups in total. The van der Waals surface area contributed by atoms with Crippen LogP contribution in [0, 0.1) is 13.8 Å². The van der Waals surface area contributed by atoms with Gasteiger partial charge in [0.25, 0.3) is 0 Å². The van der Waals surface area contributed by atoms with Crippen molar-refractivity contribution in [1.82, 2.24) is 25.3 Å². The number of carbonyl (C=O) groups excluding carboxylic acids is 1. The highest BCUT2D eigenvalue weighted by Crippen LogP contribution is 2.14. The highest BCUT2D eigenvalue weighted by Gasteiger charge is 2.21. The van der Waals surface area contributed by atoms with Gasteiger partial charge < -0.3 is 20.3 Å². The molecule has 1 atom stereocenters. The molecule has 0 spiro atoms. The predicted octanol–water partition coefficient (Wildman–Crippen LogP) is 3.79. The Labute approximate surface area is 205 Å². The number of guanidine groups is 1. The van der Waals surface area contributed by atoms with Crippen molar-refractivity contribution < 1.29 is 9.53 Å². The lowest BCUT2D eigenvalue weighted by molar-refractivity contribution is 0.0256. The Hall–Kier alpha value is -1.52. The fourth-order valence-electron chi connectivity index (χ4n) is 3.20. The van der Waals surface area contributed by atoms with Crippen LogP contribution in [0.1, 0.15) is 64.9 Å². The van der Waals surface area contributed by atoms with Gasteiger partial charge in [0.15, 0.2) is 5.96 Å². The van der Waals surface area contributed by atoms with Crippen molar-refractivity contribution in [1.29, 1.82) is 0 Å². The Bertz CT molecular complexity index is 712. The van der Waals surface area contributed by atoms with Gasteiger partial charge in [-0.1, -0.05) is 6.92 Å². The van der Waals surface area contributed by atoms with E-state index in [9.17, 15) is 4.79 Å². The SMILES string of the molecule is CCCN(CCN=C(NCC)NC(C)Cc1c(C)nn(C)c1C)C(=O)OC(C)(C)C.I. The number of amides is 1. The van der Waals surface area contributed by atoms with E-state index >= 15 is 0 Å². The van der Waals surface area contributed by atoms with Gasteiger partial charge in [-0.05, 0) is 66.9 Å². The van der Waals surface area contributed by atoms with Crippen molar-refractivity contribution in [3.8, 4) is 0 Å². The smallest absolute Gasteiger partial charge is 0.410 e. The van der Waals surface area contributed by atoms with E-state index in [1.807, 2.05) is 46.3 Å². The molecule has 0 bridgehead atoms. The first-order chi connectivity index (χ1) is 14.0. The van der Waals surface area contributed by atoms with Crippen LogP contribution in [0.2, 0.25) is 0 Å². The maximum absolute atomic E-state index is 12.4. The average molecular weight is 551 g/mol. The number of rotatable bonds is 9. The largest absolute Gasteiger partial charge is 0.444 e. The van der Waals surface area contributed by atoms with Crippen molar-refractivity contribution in [2.75, 3.05) is 26.2 Å². The van der Waals surface area contributed by atoms with Crippen molar-refractivity contribution in [2.45, 2.75) is 79.9 Å². The molecule has 8 nitrogen and oxygen atoms in total. The van der Waals surface area contributed by atoms with Crippen molar-refractivity contribution >= 4 is 36.0 Å². The number of aliphatic imine (C=N–C) groups is 1. The van der Waals surface area contributed by atoms with Crippen LogP contribution >= 0.6 is 24.0 Å². The lowest BCUT2D eigenvalue weighted by Gasteiger charge is -2.27. The molecule has 0 aliphatic heterocycles. The van der Waals surface area contributed by atoms with Crippen molar-refractivity contribution in [3.63, 3.8) is 0 Å².